The van der Waals surface area contributed by atoms with E-state index < -0.39 is 5.41 Å². The first kappa shape index (κ1) is 30.8. The third-order valence-corrected chi connectivity index (χ3v) is 10.6. The Balaban J connectivity index is 1.16. The maximum Gasteiger partial charge on any atom is 0.164 e. The van der Waals surface area contributed by atoms with Crippen molar-refractivity contribution >= 4 is 10.8 Å². The van der Waals surface area contributed by atoms with Crippen molar-refractivity contribution in [2.75, 3.05) is 0 Å². The molecule has 1 aromatic heterocycles. The van der Waals surface area contributed by atoms with Gasteiger partial charge in [-0.3, -0.25) is 0 Å². The van der Waals surface area contributed by atoms with Gasteiger partial charge in [0.2, 0.25) is 0 Å². The van der Waals surface area contributed by atoms with E-state index in [0.29, 0.717) is 17.5 Å². The fraction of sp³-hybridized carbons (Fsp3) is 0.0200. The van der Waals surface area contributed by atoms with Gasteiger partial charge in [0.05, 0.1) is 5.41 Å². The molecule has 1 aliphatic carbocycles. The molecule has 0 radical (unpaired) electrons. The summed E-state index contributed by atoms with van der Waals surface area (Å²) in [4.78, 5) is 15.2. The van der Waals surface area contributed by atoms with Gasteiger partial charge in [0.15, 0.2) is 17.5 Å². The van der Waals surface area contributed by atoms with Gasteiger partial charge in [0, 0.05) is 16.7 Å². The van der Waals surface area contributed by atoms with E-state index in [9.17, 15) is 0 Å². The van der Waals surface area contributed by atoms with E-state index >= 15 is 0 Å². The largest absolute Gasteiger partial charge is 0.208 e. The van der Waals surface area contributed by atoms with Crippen LogP contribution in [-0.2, 0) is 5.41 Å². The summed E-state index contributed by atoms with van der Waals surface area (Å²) in [5.74, 6) is 1.93. The minimum Gasteiger partial charge on any atom is -0.208 e. The lowest BCUT2D eigenvalue weighted by Gasteiger charge is -2.34. The van der Waals surface area contributed by atoms with Gasteiger partial charge in [-0.1, -0.05) is 182 Å². The second-order valence-electron chi connectivity index (χ2n) is 13.6. The average molecular weight is 676 g/mol. The molecule has 3 heteroatoms. The molecule has 0 bridgehead atoms. The number of hydrogen-bond donors (Lipinski definition) is 0. The number of rotatable bonds is 6. The zero-order chi connectivity index (χ0) is 35.2. The fourth-order valence-electron chi connectivity index (χ4n) is 8.12. The molecule has 9 aromatic rings. The Morgan fingerprint density at radius 2 is 0.736 bits per heavy atom. The fourth-order valence-corrected chi connectivity index (χ4v) is 8.12. The summed E-state index contributed by atoms with van der Waals surface area (Å²) in [5, 5.41) is 2.31. The van der Waals surface area contributed by atoms with E-state index in [1.54, 1.807) is 0 Å². The molecule has 0 N–H and O–H groups in total. The third kappa shape index (κ3) is 5.17. The highest BCUT2D eigenvalue weighted by atomic mass is 15.0. The summed E-state index contributed by atoms with van der Waals surface area (Å²) < 4.78 is 0. The highest BCUT2D eigenvalue weighted by Gasteiger charge is 2.46. The summed E-state index contributed by atoms with van der Waals surface area (Å²) in [6.45, 7) is 0. The molecule has 8 aromatic carbocycles. The highest BCUT2D eigenvalue weighted by molar-refractivity contribution is 5.97. The van der Waals surface area contributed by atoms with Gasteiger partial charge in [0.25, 0.3) is 0 Å². The third-order valence-electron chi connectivity index (χ3n) is 10.6. The second kappa shape index (κ2) is 12.7. The van der Waals surface area contributed by atoms with Gasteiger partial charge in [-0.15, -0.1) is 0 Å². The predicted molar refractivity (Wildman–Crippen MR) is 216 cm³/mol. The van der Waals surface area contributed by atoms with Gasteiger partial charge in [-0.05, 0) is 73.5 Å². The van der Waals surface area contributed by atoms with Gasteiger partial charge < -0.3 is 0 Å². The minimum atomic E-state index is -0.467. The van der Waals surface area contributed by atoms with Crippen molar-refractivity contribution in [3.8, 4) is 56.4 Å². The summed E-state index contributed by atoms with van der Waals surface area (Å²) >= 11 is 0. The Bertz CT molecular complexity index is 2700. The van der Waals surface area contributed by atoms with Crippen molar-refractivity contribution in [3.05, 3.63) is 222 Å². The molecule has 10 rings (SSSR count). The van der Waals surface area contributed by atoms with Crippen molar-refractivity contribution in [1.29, 1.82) is 0 Å². The molecule has 0 atom stereocenters. The zero-order valence-electron chi connectivity index (χ0n) is 28.9. The smallest absolute Gasteiger partial charge is 0.164 e. The van der Waals surface area contributed by atoms with Crippen LogP contribution < -0.4 is 0 Å². The highest BCUT2D eigenvalue weighted by Crippen LogP contribution is 2.56. The van der Waals surface area contributed by atoms with Crippen LogP contribution in [0.2, 0.25) is 0 Å². The molecule has 0 fully saturated rings. The molecule has 53 heavy (non-hydrogen) atoms. The molecule has 0 aliphatic heterocycles. The van der Waals surface area contributed by atoms with Crippen molar-refractivity contribution in [2.24, 2.45) is 0 Å². The zero-order valence-corrected chi connectivity index (χ0v) is 28.9. The van der Waals surface area contributed by atoms with Crippen LogP contribution in [0.3, 0.4) is 0 Å². The first-order valence-electron chi connectivity index (χ1n) is 18.0. The lowest BCUT2D eigenvalue weighted by molar-refractivity contribution is 0.769. The first-order valence-corrected chi connectivity index (χ1v) is 18.0. The quantitative estimate of drug-likeness (QED) is 0.176. The van der Waals surface area contributed by atoms with Gasteiger partial charge in [-0.25, -0.2) is 15.0 Å². The maximum atomic E-state index is 5.12. The molecule has 0 unspecified atom stereocenters. The van der Waals surface area contributed by atoms with Crippen LogP contribution >= 0.6 is 0 Å². The normalized spacial score (nSPS) is 12.7. The summed E-state index contributed by atoms with van der Waals surface area (Å²) in [6, 6.07) is 71.2. The summed E-state index contributed by atoms with van der Waals surface area (Å²) in [7, 11) is 0. The monoisotopic (exact) mass is 675 g/mol. The molecular weight excluding hydrogens is 643 g/mol. The number of aromatic nitrogens is 3. The van der Waals surface area contributed by atoms with Crippen LogP contribution in [0.15, 0.2) is 200 Å². The molecule has 0 saturated heterocycles. The van der Waals surface area contributed by atoms with Crippen LogP contribution in [0.25, 0.3) is 67.2 Å². The molecule has 0 amide bonds. The topological polar surface area (TPSA) is 38.7 Å². The Morgan fingerprint density at radius 1 is 0.283 bits per heavy atom. The Labute approximate surface area is 309 Å². The van der Waals surface area contributed by atoms with E-state index in [2.05, 4.69) is 176 Å². The van der Waals surface area contributed by atoms with E-state index in [4.69, 9.17) is 15.0 Å². The van der Waals surface area contributed by atoms with Gasteiger partial charge in [0.1, 0.15) is 0 Å². The molecule has 0 saturated carbocycles. The lowest BCUT2D eigenvalue weighted by Crippen LogP contribution is -2.28. The van der Waals surface area contributed by atoms with Crippen molar-refractivity contribution in [1.82, 2.24) is 15.0 Å². The first-order chi connectivity index (χ1) is 26.3. The van der Waals surface area contributed by atoms with Crippen LogP contribution in [-0.4, -0.2) is 15.0 Å². The molecule has 248 valence electrons. The second-order valence-corrected chi connectivity index (χ2v) is 13.6. The Morgan fingerprint density at radius 3 is 1.36 bits per heavy atom. The number of hydrogen-bond acceptors (Lipinski definition) is 3. The van der Waals surface area contributed by atoms with Crippen LogP contribution in [0.4, 0.5) is 0 Å². The number of benzene rings is 8. The molecular formula is C50H33N3. The Kier molecular flexibility index (Phi) is 7.36. The SMILES string of the molecule is c1ccc(-c2ccc(-c3nc(-c4ccccc4)nc(-c4ccc5cc6c(cc5c4)C(c4ccccc4)(c4ccccc4)c4ccccc4-6)n3)cc2)cc1. The van der Waals surface area contributed by atoms with Crippen LogP contribution in [0.1, 0.15) is 22.3 Å². The number of fused-ring (bicyclic) bond motifs is 4. The molecule has 3 nitrogen and oxygen atoms in total. The lowest BCUT2D eigenvalue weighted by atomic mass is 9.67. The minimum absolute atomic E-state index is 0.467. The van der Waals surface area contributed by atoms with Gasteiger partial charge >= 0.3 is 0 Å². The summed E-state index contributed by atoms with van der Waals surface area (Å²) in [5.41, 5.74) is 12.3. The van der Waals surface area contributed by atoms with Crippen molar-refractivity contribution in [2.45, 2.75) is 5.41 Å². The maximum absolute atomic E-state index is 5.12. The Hall–Kier alpha value is -6.97. The van der Waals surface area contributed by atoms with E-state index in [1.807, 2.05) is 24.3 Å². The van der Waals surface area contributed by atoms with E-state index in [0.717, 1.165) is 27.6 Å². The van der Waals surface area contributed by atoms with Crippen molar-refractivity contribution in [3.63, 3.8) is 0 Å². The molecule has 0 spiro atoms. The van der Waals surface area contributed by atoms with E-state index in [1.165, 1.54) is 44.3 Å². The standard InChI is InChI=1S/C50H33N3/c1-5-15-34(16-6-1)35-25-27-37(28-26-35)48-51-47(36-17-7-2-8-18-36)52-49(53-48)39-30-29-38-32-44-43-23-13-14-24-45(43)50(41-19-9-3-10-20-41,42-21-11-4-12-22-42)46(44)33-40(38)31-39/h1-33H. The molecule has 1 aliphatic rings. The average Bonchev–Trinajstić information content (AvgIpc) is 3.53. The number of nitrogens with zero attached hydrogens (tertiary/aromatic N) is 3. The van der Waals surface area contributed by atoms with Crippen molar-refractivity contribution < 1.29 is 0 Å². The van der Waals surface area contributed by atoms with E-state index in [-0.39, 0.29) is 0 Å². The van der Waals surface area contributed by atoms with Crippen LogP contribution in [0.5, 0.6) is 0 Å². The molecule has 1 heterocycles. The van der Waals surface area contributed by atoms with Crippen LogP contribution in [0, 0.1) is 0 Å². The summed E-state index contributed by atoms with van der Waals surface area (Å²) in [6.07, 6.45) is 0. The predicted octanol–water partition coefficient (Wildman–Crippen LogP) is 12.1. The van der Waals surface area contributed by atoms with Gasteiger partial charge in [-0.2, -0.15) is 0 Å².